The van der Waals surface area contributed by atoms with Crippen LogP contribution < -0.4 is 10.1 Å². The predicted octanol–water partition coefficient (Wildman–Crippen LogP) is 5.01. The van der Waals surface area contributed by atoms with Gasteiger partial charge >= 0.3 is 0 Å². The fourth-order valence-corrected chi connectivity index (χ4v) is 3.32. The minimum absolute atomic E-state index is 0.242. The van der Waals surface area contributed by atoms with Crippen molar-refractivity contribution >= 4 is 28.2 Å². The van der Waals surface area contributed by atoms with Crippen molar-refractivity contribution < 1.29 is 13.9 Å². The zero-order valence-corrected chi connectivity index (χ0v) is 15.6. The summed E-state index contributed by atoms with van der Waals surface area (Å²) in [6.07, 6.45) is 3.89. The van der Waals surface area contributed by atoms with E-state index in [2.05, 4.69) is 10.3 Å². The molecule has 0 spiro atoms. The minimum Gasteiger partial charge on any atom is -0.495 e. The van der Waals surface area contributed by atoms with Crippen LogP contribution in [0, 0.1) is 0 Å². The molecular weight excluding hydrogens is 366 g/mol. The molecule has 6 nitrogen and oxygen atoms in total. The summed E-state index contributed by atoms with van der Waals surface area (Å²) in [4.78, 5) is 17.4. The van der Waals surface area contributed by atoms with E-state index in [9.17, 15) is 4.79 Å². The number of nitrogens with one attached hydrogen (secondary N) is 1. The number of rotatable bonds is 4. The first-order valence-electron chi connectivity index (χ1n) is 9.13. The number of methoxy groups -OCH3 is 1. The molecule has 1 N–H and O–H groups in total. The summed E-state index contributed by atoms with van der Waals surface area (Å²) in [5.74, 6) is 0.458. The summed E-state index contributed by atoms with van der Waals surface area (Å²) in [5, 5.41) is 3.77. The highest BCUT2D eigenvalue weighted by atomic mass is 16.5. The van der Waals surface area contributed by atoms with Crippen LogP contribution in [0.5, 0.6) is 5.75 Å². The zero-order valence-electron chi connectivity index (χ0n) is 15.6. The number of hydrogen-bond acceptors (Lipinski definition) is 4. The largest absolute Gasteiger partial charge is 0.495 e. The average Bonchev–Trinajstić information content (AvgIpc) is 3.38. The molecular formula is C23H17N3O3. The average molecular weight is 383 g/mol. The van der Waals surface area contributed by atoms with Crippen molar-refractivity contribution in [3.8, 4) is 17.0 Å². The highest BCUT2D eigenvalue weighted by molar-refractivity contribution is 6.05. The number of carbonyl (C=O) groups excluding carboxylic acids is 1. The second-order valence-electron chi connectivity index (χ2n) is 6.61. The molecule has 0 atom stereocenters. The Labute approximate surface area is 166 Å². The number of para-hydroxylation sites is 1. The van der Waals surface area contributed by atoms with Gasteiger partial charge in [0.25, 0.3) is 5.91 Å². The van der Waals surface area contributed by atoms with Crippen LogP contribution in [0.2, 0.25) is 0 Å². The smallest absolute Gasteiger partial charge is 0.291 e. The first-order valence-corrected chi connectivity index (χ1v) is 9.13. The molecule has 5 aromatic rings. The third kappa shape index (κ3) is 3.10. The lowest BCUT2D eigenvalue weighted by Gasteiger charge is -2.10. The summed E-state index contributed by atoms with van der Waals surface area (Å²) in [5.41, 5.74) is 3.74. The van der Waals surface area contributed by atoms with E-state index in [-0.39, 0.29) is 11.7 Å². The fraction of sp³-hybridized carbons (Fsp3) is 0.0435. The minimum atomic E-state index is -0.341. The van der Waals surface area contributed by atoms with Crippen LogP contribution in [-0.4, -0.2) is 22.4 Å². The monoisotopic (exact) mass is 383 g/mol. The molecule has 0 unspecified atom stereocenters. The van der Waals surface area contributed by atoms with Crippen LogP contribution in [0.3, 0.4) is 0 Å². The van der Waals surface area contributed by atoms with Crippen LogP contribution in [0.4, 0.5) is 5.69 Å². The second-order valence-corrected chi connectivity index (χ2v) is 6.61. The van der Waals surface area contributed by atoms with Crippen LogP contribution in [0.15, 0.2) is 83.5 Å². The van der Waals surface area contributed by atoms with Gasteiger partial charge in [-0.05, 0) is 42.5 Å². The number of anilines is 1. The van der Waals surface area contributed by atoms with Gasteiger partial charge in [0.1, 0.15) is 17.0 Å². The molecule has 0 bridgehead atoms. The van der Waals surface area contributed by atoms with E-state index in [1.165, 1.54) is 0 Å². The summed E-state index contributed by atoms with van der Waals surface area (Å²) >= 11 is 0. The third-order valence-electron chi connectivity index (χ3n) is 4.76. The molecule has 0 aliphatic rings. The van der Waals surface area contributed by atoms with Crippen molar-refractivity contribution in [1.82, 2.24) is 9.38 Å². The van der Waals surface area contributed by atoms with E-state index in [0.29, 0.717) is 17.0 Å². The molecule has 5 rings (SSSR count). The number of furan rings is 1. The quantitative estimate of drug-likeness (QED) is 0.474. The number of aromatic nitrogens is 2. The van der Waals surface area contributed by atoms with Crippen molar-refractivity contribution in [2.24, 2.45) is 0 Å². The van der Waals surface area contributed by atoms with Gasteiger partial charge in [0.15, 0.2) is 5.76 Å². The van der Waals surface area contributed by atoms with Crippen LogP contribution in [0.1, 0.15) is 10.6 Å². The number of imidazole rings is 1. The van der Waals surface area contributed by atoms with E-state index in [1.807, 2.05) is 77.5 Å². The molecule has 0 aliphatic heterocycles. The molecule has 2 aromatic carbocycles. The van der Waals surface area contributed by atoms with Gasteiger partial charge in [-0.3, -0.25) is 4.79 Å². The van der Waals surface area contributed by atoms with Gasteiger partial charge in [-0.2, -0.15) is 0 Å². The van der Waals surface area contributed by atoms with Gasteiger partial charge in [0.2, 0.25) is 0 Å². The first-order chi connectivity index (χ1) is 14.2. The lowest BCUT2D eigenvalue weighted by molar-refractivity contribution is 0.0998. The SMILES string of the molecule is COc1ccc(-c2cn3ccccc3n2)cc1NC(=O)c1cc2ccccc2o1. The third-order valence-corrected chi connectivity index (χ3v) is 4.76. The van der Waals surface area contributed by atoms with E-state index in [4.69, 9.17) is 9.15 Å². The Bertz CT molecular complexity index is 1280. The Hall–Kier alpha value is -4.06. The molecule has 29 heavy (non-hydrogen) atoms. The molecule has 3 heterocycles. The van der Waals surface area contributed by atoms with Crippen molar-refractivity contribution in [1.29, 1.82) is 0 Å². The number of benzene rings is 2. The van der Waals surface area contributed by atoms with Gasteiger partial charge in [0, 0.05) is 23.3 Å². The Morgan fingerprint density at radius 3 is 2.76 bits per heavy atom. The first kappa shape index (κ1) is 17.1. The van der Waals surface area contributed by atoms with Gasteiger partial charge in [-0.1, -0.05) is 24.3 Å². The zero-order chi connectivity index (χ0) is 19.8. The molecule has 0 radical (unpaired) electrons. The van der Waals surface area contributed by atoms with Crippen LogP contribution in [-0.2, 0) is 0 Å². The molecule has 142 valence electrons. The van der Waals surface area contributed by atoms with Crippen molar-refractivity contribution in [3.63, 3.8) is 0 Å². The second kappa shape index (κ2) is 6.83. The lowest BCUT2D eigenvalue weighted by atomic mass is 10.1. The fourth-order valence-electron chi connectivity index (χ4n) is 3.32. The van der Waals surface area contributed by atoms with Gasteiger partial charge in [-0.25, -0.2) is 4.98 Å². The standard InChI is InChI=1S/C23H17N3O3/c1-28-20-10-9-15(18-14-26-11-5-4-8-22(26)24-18)12-17(20)25-23(27)21-13-16-6-2-3-7-19(16)29-21/h2-14H,1H3,(H,25,27). The van der Waals surface area contributed by atoms with Crippen LogP contribution >= 0.6 is 0 Å². The summed E-state index contributed by atoms with van der Waals surface area (Å²) in [7, 11) is 1.57. The van der Waals surface area contributed by atoms with Gasteiger partial charge in [-0.15, -0.1) is 0 Å². The Morgan fingerprint density at radius 2 is 1.93 bits per heavy atom. The Kier molecular flexibility index (Phi) is 4.02. The predicted molar refractivity (Wildman–Crippen MR) is 111 cm³/mol. The number of ether oxygens (including phenoxy) is 1. The summed E-state index contributed by atoms with van der Waals surface area (Å²) < 4.78 is 13.0. The van der Waals surface area contributed by atoms with E-state index in [1.54, 1.807) is 13.2 Å². The molecule has 3 aromatic heterocycles. The van der Waals surface area contributed by atoms with E-state index in [0.717, 1.165) is 22.3 Å². The molecule has 1 amide bonds. The number of hydrogen-bond donors (Lipinski definition) is 1. The van der Waals surface area contributed by atoms with Crippen LogP contribution in [0.25, 0.3) is 27.9 Å². The summed E-state index contributed by atoms with van der Waals surface area (Å²) in [6.45, 7) is 0. The molecule has 0 fully saturated rings. The normalized spacial score (nSPS) is 11.1. The number of pyridine rings is 1. The maximum Gasteiger partial charge on any atom is 0.291 e. The highest BCUT2D eigenvalue weighted by Gasteiger charge is 2.16. The molecule has 6 heteroatoms. The highest BCUT2D eigenvalue weighted by Crippen LogP contribution is 2.31. The number of fused-ring (bicyclic) bond motifs is 2. The topological polar surface area (TPSA) is 68.8 Å². The number of carbonyl (C=O) groups is 1. The Balaban J connectivity index is 1.49. The summed E-state index contributed by atoms with van der Waals surface area (Å²) in [6, 6.07) is 20.6. The molecule has 0 saturated heterocycles. The maximum atomic E-state index is 12.8. The van der Waals surface area contributed by atoms with Gasteiger partial charge in [0.05, 0.1) is 18.5 Å². The maximum absolute atomic E-state index is 12.8. The number of amides is 1. The Morgan fingerprint density at radius 1 is 1.07 bits per heavy atom. The van der Waals surface area contributed by atoms with Crippen molar-refractivity contribution in [3.05, 3.63) is 84.9 Å². The molecule has 0 saturated carbocycles. The van der Waals surface area contributed by atoms with Crippen molar-refractivity contribution in [2.75, 3.05) is 12.4 Å². The van der Waals surface area contributed by atoms with E-state index < -0.39 is 0 Å². The van der Waals surface area contributed by atoms with E-state index >= 15 is 0 Å². The van der Waals surface area contributed by atoms with Crippen molar-refractivity contribution in [2.45, 2.75) is 0 Å². The number of nitrogens with zero attached hydrogens (tertiary/aromatic N) is 2. The van der Waals surface area contributed by atoms with Gasteiger partial charge < -0.3 is 18.9 Å². The lowest BCUT2D eigenvalue weighted by Crippen LogP contribution is -2.11. The molecule has 0 aliphatic carbocycles.